The van der Waals surface area contributed by atoms with Crippen molar-refractivity contribution in [3.63, 3.8) is 0 Å². The van der Waals surface area contributed by atoms with Crippen LogP contribution in [0, 0.1) is 6.92 Å². The second-order valence-corrected chi connectivity index (χ2v) is 7.03. The van der Waals surface area contributed by atoms with E-state index >= 15 is 0 Å². The molecule has 2 aromatic carbocycles. The molecule has 0 aliphatic rings. The Hall–Kier alpha value is -3.74. The molecular weight excluding hydrogens is 384 g/mol. The number of nitrogens with one attached hydrogen (secondary N) is 2. The van der Waals surface area contributed by atoms with Gasteiger partial charge in [0.1, 0.15) is 17.4 Å². The van der Waals surface area contributed by atoms with Crippen molar-refractivity contribution in [2.24, 2.45) is 0 Å². The Morgan fingerprint density at radius 1 is 1.13 bits per heavy atom. The molecule has 0 bridgehead atoms. The van der Waals surface area contributed by atoms with Gasteiger partial charge < -0.3 is 24.2 Å². The predicted molar refractivity (Wildman–Crippen MR) is 113 cm³/mol. The van der Waals surface area contributed by atoms with Gasteiger partial charge in [-0.25, -0.2) is 4.79 Å². The number of amides is 1. The van der Waals surface area contributed by atoms with E-state index in [2.05, 4.69) is 10.3 Å². The van der Waals surface area contributed by atoms with Crippen LogP contribution in [0.25, 0.3) is 21.9 Å². The van der Waals surface area contributed by atoms with E-state index in [-0.39, 0.29) is 12.2 Å². The first-order valence-corrected chi connectivity index (χ1v) is 9.52. The highest BCUT2D eigenvalue weighted by Crippen LogP contribution is 2.29. The van der Waals surface area contributed by atoms with Crippen LogP contribution in [0.1, 0.15) is 21.7 Å². The second kappa shape index (κ2) is 7.94. The number of aryl methyl sites for hydroxylation is 1. The normalized spacial score (nSPS) is 12.1. The van der Waals surface area contributed by atoms with Crippen molar-refractivity contribution >= 4 is 33.7 Å². The maximum Gasteiger partial charge on any atom is 0.328 e. The molecule has 0 unspecified atom stereocenters. The minimum absolute atomic E-state index is 0.158. The summed E-state index contributed by atoms with van der Waals surface area (Å²) in [5, 5.41) is 4.54. The molecule has 0 aliphatic heterocycles. The monoisotopic (exact) mass is 406 g/mol. The molecule has 0 fully saturated rings. The largest absolute Gasteiger partial charge is 0.497 e. The number of benzene rings is 2. The molecule has 1 atom stereocenters. The molecular formula is C23H22N2O5. The third-order valence-electron chi connectivity index (χ3n) is 5.24. The van der Waals surface area contributed by atoms with Gasteiger partial charge in [0.05, 0.1) is 14.2 Å². The number of aromatic amines is 1. The van der Waals surface area contributed by atoms with Gasteiger partial charge in [-0.3, -0.25) is 4.79 Å². The van der Waals surface area contributed by atoms with Gasteiger partial charge in [0.2, 0.25) is 0 Å². The Morgan fingerprint density at radius 2 is 1.93 bits per heavy atom. The smallest absolute Gasteiger partial charge is 0.328 e. The molecule has 2 aromatic heterocycles. The zero-order valence-electron chi connectivity index (χ0n) is 16.9. The number of carbonyl (C=O) groups excluding carboxylic acids is 2. The van der Waals surface area contributed by atoms with Crippen LogP contribution in [-0.2, 0) is 16.0 Å². The zero-order valence-corrected chi connectivity index (χ0v) is 16.9. The SMILES string of the molecule is COC(=O)[C@@H](Cc1c[nH]c2ccccc12)NC(=O)c1oc2ccc(OC)cc2c1C. The molecule has 4 rings (SSSR count). The molecule has 7 nitrogen and oxygen atoms in total. The van der Waals surface area contributed by atoms with E-state index in [4.69, 9.17) is 13.9 Å². The van der Waals surface area contributed by atoms with Crippen molar-refractivity contribution in [2.75, 3.05) is 14.2 Å². The van der Waals surface area contributed by atoms with Crippen LogP contribution in [0.3, 0.4) is 0 Å². The predicted octanol–water partition coefficient (Wildman–Crippen LogP) is 3.75. The zero-order chi connectivity index (χ0) is 21.3. The number of hydrogen-bond acceptors (Lipinski definition) is 5. The number of methoxy groups -OCH3 is 2. The molecule has 0 saturated carbocycles. The van der Waals surface area contributed by atoms with E-state index in [1.54, 1.807) is 26.2 Å². The summed E-state index contributed by atoms with van der Waals surface area (Å²) in [5.41, 5.74) is 3.12. The Kier molecular flexibility index (Phi) is 5.18. The number of esters is 1. The van der Waals surface area contributed by atoms with Crippen LogP contribution in [0.5, 0.6) is 5.75 Å². The first kappa shape index (κ1) is 19.6. The molecule has 2 heterocycles. The third kappa shape index (κ3) is 3.50. The Labute approximate surface area is 173 Å². The number of rotatable bonds is 6. The molecule has 30 heavy (non-hydrogen) atoms. The van der Waals surface area contributed by atoms with Gasteiger partial charge in [-0.1, -0.05) is 18.2 Å². The highest BCUT2D eigenvalue weighted by atomic mass is 16.5. The molecule has 0 saturated heterocycles. The van der Waals surface area contributed by atoms with Crippen molar-refractivity contribution in [3.8, 4) is 5.75 Å². The van der Waals surface area contributed by atoms with E-state index in [1.807, 2.05) is 36.5 Å². The Morgan fingerprint density at radius 3 is 2.70 bits per heavy atom. The average Bonchev–Trinajstić information content (AvgIpc) is 3.33. The Balaban J connectivity index is 1.62. The van der Waals surface area contributed by atoms with Gasteiger partial charge in [-0.15, -0.1) is 0 Å². The number of ether oxygens (including phenoxy) is 2. The minimum atomic E-state index is -0.858. The van der Waals surface area contributed by atoms with Crippen LogP contribution in [-0.4, -0.2) is 37.1 Å². The van der Waals surface area contributed by atoms with Crippen molar-refractivity contribution in [2.45, 2.75) is 19.4 Å². The van der Waals surface area contributed by atoms with Gasteiger partial charge in [0.15, 0.2) is 5.76 Å². The van der Waals surface area contributed by atoms with Gasteiger partial charge >= 0.3 is 5.97 Å². The summed E-state index contributed by atoms with van der Waals surface area (Å²) in [6, 6.07) is 12.3. The van der Waals surface area contributed by atoms with Crippen molar-refractivity contribution in [1.82, 2.24) is 10.3 Å². The van der Waals surface area contributed by atoms with Crippen LogP contribution >= 0.6 is 0 Å². The fourth-order valence-corrected chi connectivity index (χ4v) is 3.62. The number of furan rings is 1. The van der Waals surface area contributed by atoms with E-state index < -0.39 is 17.9 Å². The molecule has 0 spiro atoms. The lowest BCUT2D eigenvalue weighted by molar-refractivity contribution is -0.142. The number of fused-ring (bicyclic) bond motifs is 2. The molecule has 0 aliphatic carbocycles. The Bertz CT molecular complexity index is 1240. The number of carbonyl (C=O) groups is 2. The van der Waals surface area contributed by atoms with Crippen LogP contribution in [0.2, 0.25) is 0 Å². The van der Waals surface area contributed by atoms with Gasteiger partial charge in [-0.05, 0) is 36.8 Å². The van der Waals surface area contributed by atoms with E-state index in [1.165, 1.54) is 7.11 Å². The lowest BCUT2D eigenvalue weighted by Crippen LogP contribution is -2.43. The summed E-state index contributed by atoms with van der Waals surface area (Å²) in [4.78, 5) is 28.5. The highest BCUT2D eigenvalue weighted by molar-refractivity contribution is 6.01. The fourth-order valence-electron chi connectivity index (χ4n) is 3.62. The number of para-hydroxylation sites is 1. The summed E-state index contributed by atoms with van der Waals surface area (Å²) < 4.78 is 15.9. The summed E-state index contributed by atoms with van der Waals surface area (Å²) in [5.74, 6) is -0.168. The lowest BCUT2D eigenvalue weighted by atomic mass is 10.0. The van der Waals surface area contributed by atoms with Gasteiger partial charge in [-0.2, -0.15) is 0 Å². The topological polar surface area (TPSA) is 93.6 Å². The standard InChI is InChI=1S/C23H22N2O5/c1-13-17-11-15(28-2)8-9-20(17)30-21(13)22(26)25-19(23(27)29-3)10-14-12-24-18-7-5-4-6-16(14)18/h4-9,11-12,19,24H,10H2,1-3H3,(H,25,26)/t19-/m1/s1. The summed E-state index contributed by atoms with van der Waals surface area (Å²) in [6.07, 6.45) is 2.13. The highest BCUT2D eigenvalue weighted by Gasteiger charge is 2.27. The van der Waals surface area contributed by atoms with E-state index in [0.29, 0.717) is 16.9 Å². The quantitative estimate of drug-likeness (QED) is 0.476. The van der Waals surface area contributed by atoms with Crippen LogP contribution < -0.4 is 10.1 Å². The van der Waals surface area contributed by atoms with Crippen LogP contribution in [0.15, 0.2) is 53.1 Å². The minimum Gasteiger partial charge on any atom is -0.497 e. The second-order valence-electron chi connectivity index (χ2n) is 7.03. The van der Waals surface area contributed by atoms with Crippen molar-refractivity contribution in [3.05, 3.63) is 65.5 Å². The first-order valence-electron chi connectivity index (χ1n) is 9.52. The fraction of sp³-hybridized carbons (Fsp3) is 0.217. The average molecular weight is 406 g/mol. The van der Waals surface area contributed by atoms with E-state index in [0.717, 1.165) is 21.9 Å². The van der Waals surface area contributed by atoms with E-state index in [9.17, 15) is 9.59 Å². The number of aromatic nitrogens is 1. The molecule has 2 N–H and O–H groups in total. The molecule has 7 heteroatoms. The van der Waals surface area contributed by atoms with Gasteiger partial charge in [0, 0.05) is 34.5 Å². The molecule has 154 valence electrons. The lowest BCUT2D eigenvalue weighted by Gasteiger charge is -2.15. The van der Waals surface area contributed by atoms with Crippen molar-refractivity contribution < 1.29 is 23.5 Å². The maximum absolute atomic E-state index is 13.0. The number of H-pyrrole nitrogens is 1. The summed E-state index contributed by atoms with van der Waals surface area (Å²) in [7, 11) is 2.88. The summed E-state index contributed by atoms with van der Waals surface area (Å²) >= 11 is 0. The maximum atomic E-state index is 13.0. The first-order chi connectivity index (χ1) is 14.5. The van der Waals surface area contributed by atoms with Crippen LogP contribution in [0.4, 0.5) is 0 Å². The third-order valence-corrected chi connectivity index (χ3v) is 5.24. The van der Waals surface area contributed by atoms with Gasteiger partial charge in [0.25, 0.3) is 5.91 Å². The number of hydrogen-bond donors (Lipinski definition) is 2. The van der Waals surface area contributed by atoms with Crippen molar-refractivity contribution in [1.29, 1.82) is 0 Å². The summed E-state index contributed by atoms with van der Waals surface area (Å²) in [6.45, 7) is 1.80. The molecule has 4 aromatic rings. The molecule has 0 radical (unpaired) electrons. The molecule has 1 amide bonds.